The normalized spacial score (nSPS) is 10.8. The van der Waals surface area contributed by atoms with E-state index in [2.05, 4.69) is 30.9 Å². The second-order valence-electron chi connectivity index (χ2n) is 3.25. The third-order valence-corrected chi connectivity index (χ3v) is 4.32. The van der Waals surface area contributed by atoms with Crippen LogP contribution >= 0.6 is 38.9 Å². The molecule has 2 aromatic heterocycles. The summed E-state index contributed by atoms with van der Waals surface area (Å²) in [5.41, 5.74) is 1.88. The van der Waals surface area contributed by atoms with Gasteiger partial charge in [0.05, 0.1) is 10.2 Å². The highest BCUT2D eigenvalue weighted by molar-refractivity contribution is 9.10. The second-order valence-corrected chi connectivity index (χ2v) is 5.26. The van der Waals surface area contributed by atoms with Crippen molar-refractivity contribution in [2.45, 2.75) is 20.3 Å². The monoisotopic (exact) mass is 317 g/mol. The highest BCUT2D eigenvalue weighted by Gasteiger charge is 2.12. The van der Waals surface area contributed by atoms with Crippen LogP contribution in [-0.2, 0) is 6.42 Å². The molecule has 0 atom stereocenters. The van der Waals surface area contributed by atoms with Crippen molar-refractivity contribution in [3.63, 3.8) is 0 Å². The maximum Gasteiger partial charge on any atom is 0.190 e. The Kier molecular flexibility index (Phi) is 3.56. The second kappa shape index (κ2) is 4.77. The molecule has 0 unspecified atom stereocenters. The van der Waals surface area contributed by atoms with E-state index in [1.54, 1.807) is 0 Å². The first-order valence-corrected chi connectivity index (χ1v) is 6.81. The number of aryl methyl sites for hydroxylation is 2. The van der Waals surface area contributed by atoms with Gasteiger partial charge in [-0.2, -0.15) is 0 Å². The third-order valence-electron chi connectivity index (χ3n) is 2.02. The first-order chi connectivity index (χ1) is 7.61. The van der Waals surface area contributed by atoms with Gasteiger partial charge in [0.2, 0.25) is 0 Å². The summed E-state index contributed by atoms with van der Waals surface area (Å²) in [6.07, 6.45) is 0.806. The molecule has 0 N–H and O–H groups in total. The van der Waals surface area contributed by atoms with Gasteiger partial charge in [-0.3, -0.25) is 0 Å². The molecule has 2 aromatic rings. The Hall–Kier alpha value is -0.520. The highest BCUT2D eigenvalue weighted by Crippen LogP contribution is 2.28. The molecule has 0 saturated carbocycles. The van der Waals surface area contributed by atoms with Gasteiger partial charge in [0.1, 0.15) is 5.15 Å². The van der Waals surface area contributed by atoms with Gasteiger partial charge >= 0.3 is 0 Å². The van der Waals surface area contributed by atoms with Crippen LogP contribution in [0.1, 0.15) is 18.3 Å². The van der Waals surface area contributed by atoms with Crippen molar-refractivity contribution in [2.24, 2.45) is 0 Å². The van der Waals surface area contributed by atoms with E-state index < -0.39 is 0 Å². The Bertz CT molecular complexity index is 527. The van der Waals surface area contributed by atoms with E-state index in [0.29, 0.717) is 11.0 Å². The van der Waals surface area contributed by atoms with E-state index in [1.807, 2.05) is 19.2 Å². The molecule has 0 aliphatic heterocycles. The molecule has 84 valence electrons. The number of aromatic nitrogens is 3. The van der Waals surface area contributed by atoms with Crippen molar-refractivity contribution >= 4 is 38.9 Å². The van der Waals surface area contributed by atoms with Gasteiger partial charge < -0.3 is 0 Å². The topological polar surface area (TPSA) is 38.7 Å². The third kappa shape index (κ3) is 2.26. The maximum absolute atomic E-state index is 6.03. The number of hydrogen-bond acceptors (Lipinski definition) is 4. The number of nitrogens with zero attached hydrogens (tertiary/aromatic N) is 3. The average Bonchev–Trinajstić information content (AvgIpc) is 2.69. The van der Waals surface area contributed by atoms with Crippen molar-refractivity contribution in [1.82, 2.24) is 15.0 Å². The molecule has 0 fully saturated rings. The van der Waals surface area contributed by atoms with Gasteiger partial charge in [-0.25, -0.2) is 15.0 Å². The molecule has 0 radical (unpaired) electrons. The zero-order valence-corrected chi connectivity index (χ0v) is 11.9. The molecule has 2 heterocycles. The van der Waals surface area contributed by atoms with Crippen molar-refractivity contribution < 1.29 is 0 Å². The van der Waals surface area contributed by atoms with E-state index in [4.69, 9.17) is 11.6 Å². The summed E-state index contributed by atoms with van der Waals surface area (Å²) in [7, 11) is 0. The lowest BCUT2D eigenvalue weighted by Crippen LogP contribution is -1.97. The summed E-state index contributed by atoms with van der Waals surface area (Å²) < 4.78 is 0.772. The molecule has 0 bridgehead atoms. The fourth-order valence-corrected chi connectivity index (χ4v) is 2.62. The Morgan fingerprint density at radius 3 is 2.69 bits per heavy atom. The molecule has 2 rings (SSSR count). The molecule has 16 heavy (non-hydrogen) atoms. The van der Waals surface area contributed by atoms with Crippen LogP contribution in [0.4, 0.5) is 0 Å². The molecular weight excluding hydrogens is 310 g/mol. The van der Waals surface area contributed by atoms with Gasteiger partial charge in [0.15, 0.2) is 10.8 Å². The van der Waals surface area contributed by atoms with Gasteiger partial charge in [0, 0.05) is 11.1 Å². The summed E-state index contributed by atoms with van der Waals surface area (Å²) in [4.78, 5) is 13.0. The van der Waals surface area contributed by atoms with Gasteiger partial charge in [-0.1, -0.05) is 18.5 Å². The lowest BCUT2D eigenvalue weighted by atomic mass is 10.3. The van der Waals surface area contributed by atoms with Crippen LogP contribution in [-0.4, -0.2) is 15.0 Å². The van der Waals surface area contributed by atoms with E-state index in [9.17, 15) is 0 Å². The largest absolute Gasteiger partial charge is 0.238 e. The van der Waals surface area contributed by atoms with Crippen LogP contribution in [0, 0.1) is 6.92 Å². The maximum atomic E-state index is 6.03. The Balaban J connectivity index is 2.54. The first kappa shape index (κ1) is 12.0. The van der Waals surface area contributed by atoms with Crippen LogP contribution in [0.25, 0.3) is 10.8 Å². The standard InChI is InChI=1S/C10H9BrClN3S/c1-3-6-7(11)8(12)15-9(14-6)10-13-5(2)4-16-10/h4H,3H2,1-2H3. The van der Waals surface area contributed by atoms with Crippen LogP contribution in [0.5, 0.6) is 0 Å². The molecule has 0 aliphatic carbocycles. The number of rotatable bonds is 2. The van der Waals surface area contributed by atoms with E-state index >= 15 is 0 Å². The van der Waals surface area contributed by atoms with Crippen molar-refractivity contribution in [1.29, 1.82) is 0 Å². The molecule has 0 spiro atoms. The Labute approximate surface area is 111 Å². The summed E-state index contributed by atoms with van der Waals surface area (Å²) in [6, 6.07) is 0. The average molecular weight is 319 g/mol. The minimum absolute atomic E-state index is 0.440. The summed E-state index contributed by atoms with van der Waals surface area (Å²) >= 11 is 10.9. The molecular formula is C10H9BrClN3S. The number of thiazole rings is 1. The van der Waals surface area contributed by atoms with E-state index in [-0.39, 0.29) is 0 Å². The molecule has 0 amide bonds. The quantitative estimate of drug-likeness (QED) is 0.789. The smallest absolute Gasteiger partial charge is 0.190 e. The molecule has 0 aromatic carbocycles. The van der Waals surface area contributed by atoms with Gasteiger partial charge in [0.25, 0.3) is 0 Å². The van der Waals surface area contributed by atoms with Crippen LogP contribution in [0.2, 0.25) is 5.15 Å². The first-order valence-electron chi connectivity index (χ1n) is 4.76. The van der Waals surface area contributed by atoms with Crippen LogP contribution < -0.4 is 0 Å². The lowest BCUT2D eigenvalue weighted by Gasteiger charge is -2.04. The molecule has 0 aliphatic rings. The van der Waals surface area contributed by atoms with Crippen LogP contribution in [0.15, 0.2) is 9.85 Å². The number of hydrogen-bond donors (Lipinski definition) is 0. The summed E-state index contributed by atoms with van der Waals surface area (Å²) in [5.74, 6) is 0.600. The Morgan fingerprint density at radius 1 is 1.38 bits per heavy atom. The zero-order valence-electron chi connectivity index (χ0n) is 8.79. The van der Waals surface area contributed by atoms with Crippen molar-refractivity contribution in [2.75, 3.05) is 0 Å². The summed E-state index contributed by atoms with van der Waals surface area (Å²) in [6.45, 7) is 3.97. The minimum Gasteiger partial charge on any atom is -0.238 e. The minimum atomic E-state index is 0.440. The molecule has 3 nitrogen and oxygen atoms in total. The predicted molar refractivity (Wildman–Crippen MR) is 70.0 cm³/mol. The number of halogens is 2. The van der Waals surface area contributed by atoms with Gasteiger partial charge in [-0.05, 0) is 29.3 Å². The Morgan fingerprint density at radius 2 is 2.12 bits per heavy atom. The highest BCUT2D eigenvalue weighted by atomic mass is 79.9. The summed E-state index contributed by atoms with van der Waals surface area (Å²) in [5, 5.41) is 3.22. The fraction of sp³-hybridized carbons (Fsp3) is 0.300. The van der Waals surface area contributed by atoms with E-state index in [1.165, 1.54) is 11.3 Å². The zero-order chi connectivity index (χ0) is 11.7. The molecule has 6 heteroatoms. The lowest BCUT2D eigenvalue weighted by molar-refractivity contribution is 0.987. The van der Waals surface area contributed by atoms with Crippen molar-refractivity contribution in [3.05, 3.63) is 26.4 Å². The van der Waals surface area contributed by atoms with Crippen LogP contribution in [0.3, 0.4) is 0 Å². The molecule has 0 saturated heterocycles. The van der Waals surface area contributed by atoms with Crippen molar-refractivity contribution in [3.8, 4) is 10.8 Å². The SMILES string of the molecule is CCc1nc(-c2nc(C)cs2)nc(Cl)c1Br. The van der Waals surface area contributed by atoms with E-state index in [0.717, 1.165) is 27.3 Å². The predicted octanol–water partition coefficient (Wildman–Crippen LogP) is 3.89. The van der Waals surface area contributed by atoms with Gasteiger partial charge in [-0.15, -0.1) is 11.3 Å². The fourth-order valence-electron chi connectivity index (χ4n) is 1.25.